The minimum absolute atomic E-state index is 0.0359. The molecule has 3 aromatic rings. The van der Waals surface area contributed by atoms with Gasteiger partial charge in [0.2, 0.25) is 5.11 Å². The molecule has 4 N–H and O–H groups in total. The Kier molecular flexibility index (Phi) is 5.83. The van der Waals surface area contributed by atoms with E-state index in [2.05, 4.69) is 32.3 Å². The number of nitrogens with one attached hydrogen (secondary N) is 4. The van der Waals surface area contributed by atoms with Gasteiger partial charge in [0, 0.05) is 12.1 Å². The van der Waals surface area contributed by atoms with E-state index in [1.54, 1.807) is 5.01 Å². The quantitative estimate of drug-likeness (QED) is 0.358. The van der Waals surface area contributed by atoms with Crippen LogP contribution in [0.2, 0.25) is 0 Å². The van der Waals surface area contributed by atoms with Gasteiger partial charge in [0.25, 0.3) is 0 Å². The van der Waals surface area contributed by atoms with Gasteiger partial charge in [-0.1, -0.05) is 66.7 Å². The smallest absolute Gasteiger partial charge is 0.220 e. The van der Waals surface area contributed by atoms with Crippen LogP contribution in [0, 0.1) is 0 Å². The summed E-state index contributed by atoms with van der Waals surface area (Å²) in [5, 5.41) is 12.6. The number of nitrogens with zero attached hydrogens (tertiary/aromatic N) is 3. The van der Waals surface area contributed by atoms with Crippen molar-refractivity contribution in [1.29, 1.82) is 0 Å². The molecule has 31 heavy (non-hydrogen) atoms. The Morgan fingerprint density at radius 1 is 0.742 bits per heavy atom. The van der Waals surface area contributed by atoms with Gasteiger partial charge in [0.05, 0.1) is 17.5 Å². The van der Waals surface area contributed by atoms with Crippen LogP contribution in [-0.2, 0) is 0 Å². The van der Waals surface area contributed by atoms with Crippen LogP contribution in [0.1, 0.15) is 11.7 Å². The molecule has 2 aliphatic heterocycles. The van der Waals surface area contributed by atoms with Gasteiger partial charge < -0.3 is 0 Å². The molecule has 0 aromatic heterocycles. The van der Waals surface area contributed by atoms with Crippen molar-refractivity contribution in [1.82, 2.24) is 20.2 Å². The molecule has 0 amide bonds. The molecule has 0 spiro atoms. The largest absolute Gasteiger partial charge is 0.275 e. The molecule has 1 fully saturated rings. The summed E-state index contributed by atoms with van der Waals surface area (Å²) in [7, 11) is 0. The Morgan fingerprint density at radius 3 is 2.00 bits per heavy atom. The fourth-order valence-corrected chi connectivity index (χ4v) is 4.36. The van der Waals surface area contributed by atoms with E-state index < -0.39 is 0 Å². The standard InChI is InChI=1S/C22H21N7S2/c30-22-28(17-12-6-2-7-13-17)24-21(25-29(22)18-14-8-3-9-15-18)20-23-19(26-31-27-20)16-10-4-1-5-11-16/h1-15,19-20,23,26-27H,(H,24,25). The molecule has 7 nitrogen and oxygen atoms in total. The molecule has 0 aliphatic carbocycles. The monoisotopic (exact) mass is 447 g/mol. The van der Waals surface area contributed by atoms with Gasteiger partial charge in [-0.25, -0.2) is 19.5 Å². The van der Waals surface area contributed by atoms with E-state index >= 15 is 0 Å². The fourth-order valence-electron chi connectivity index (χ4n) is 3.37. The molecule has 2 aliphatic rings. The number of hydrogen-bond donors (Lipinski definition) is 4. The van der Waals surface area contributed by atoms with Gasteiger partial charge in [-0.05, 0) is 42.0 Å². The number of hydrazine groups is 1. The molecule has 0 bridgehead atoms. The van der Waals surface area contributed by atoms with E-state index in [1.165, 1.54) is 12.1 Å². The van der Waals surface area contributed by atoms with Crippen LogP contribution < -0.4 is 30.2 Å². The third kappa shape index (κ3) is 4.27. The predicted octanol–water partition coefficient (Wildman–Crippen LogP) is 3.49. The summed E-state index contributed by atoms with van der Waals surface area (Å²) in [4.78, 5) is 0. The van der Waals surface area contributed by atoms with E-state index in [0.717, 1.165) is 16.9 Å². The zero-order valence-corrected chi connectivity index (χ0v) is 18.1. The van der Waals surface area contributed by atoms with E-state index in [9.17, 15) is 0 Å². The van der Waals surface area contributed by atoms with Crippen molar-refractivity contribution in [2.45, 2.75) is 12.3 Å². The number of hydrogen-bond acceptors (Lipinski definition) is 7. The average molecular weight is 448 g/mol. The highest BCUT2D eigenvalue weighted by molar-refractivity contribution is 7.95. The minimum Gasteiger partial charge on any atom is -0.275 e. The number of thiocarbonyl (C=S) groups is 1. The molecule has 0 saturated carbocycles. The normalized spacial score (nSPS) is 21.4. The van der Waals surface area contributed by atoms with Crippen LogP contribution >= 0.6 is 24.4 Å². The van der Waals surface area contributed by atoms with Crippen molar-refractivity contribution in [3.8, 4) is 0 Å². The van der Waals surface area contributed by atoms with Gasteiger partial charge in [-0.15, -0.1) is 5.10 Å². The van der Waals surface area contributed by atoms with E-state index in [4.69, 9.17) is 17.3 Å². The third-order valence-electron chi connectivity index (χ3n) is 4.91. The summed E-state index contributed by atoms with van der Waals surface area (Å²) in [6.07, 6.45) is -0.275. The molecule has 0 radical (unpaired) electrons. The summed E-state index contributed by atoms with van der Waals surface area (Å²) >= 11 is 7.23. The lowest BCUT2D eigenvalue weighted by Crippen LogP contribution is -2.65. The zero-order chi connectivity index (χ0) is 21.0. The lowest BCUT2D eigenvalue weighted by atomic mass is 10.2. The molecule has 5 rings (SSSR count). The number of hydrazone groups is 1. The second-order valence-corrected chi connectivity index (χ2v) is 8.02. The molecule has 2 heterocycles. The first-order valence-corrected chi connectivity index (χ1v) is 11.1. The molecular formula is C22H21N7S2. The maximum Gasteiger partial charge on any atom is 0.220 e. The SMILES string of the molecule is S=C1N(c2ccccc2)N=C(C2NSNC(c3ccccc3)N2)NN1c1ccccc1. The van der Waals surface area contributed by atoms with Crippen LogP contribution in [0.15, 0.2) is 96.1 Å². The van der Waals surface area contributed by atoms with Crippen molar-refractivity contribution in [3.05, 3.63) is 96.6 Å². The summed E-state index contributed by atoms with van der Waals surface area (Å²) in [6, 6.07) is 30.1. The van der Waals surface area contributed by atoms with Crippen molar-refractivity contribution in [3.63, 3.8) is 0 Å². The number of anilines is 2. The van der Waals surface area contributed by atoms with Crippen molar-refractivity contribution < 1.29 is 0 Å². The molecular weight excluding hydrogens is 426 g/mol. The molecule has 1 saturated heterocycles. The first-order chi connectivity index (χ1) is 15.3. The highest BCUT2D eigenvalue weighted by Crippen LogP contribution is 2.24. The van der Waals surface area contributed by atoms with Gasteiger partial charge in [0.1, 0.15) is 6.17 Å². The average Bonchev–Trinajstić information content (AvgIpc) is 2.86. The molecule has 2 unspecified atom stereocenters. The van der Waals surface area contributed by atoms with Crippen molar-refractivity contribution in [2.24, 2.45) is 5.10 Å². The lowest BCUT2D eigenvalue weighted by molar-refractivity contribution is 0.449. The third-order valence-corrected chi connectivity index (χ3v) is 5.98. The first kappa shape index (κ1) is 20.0. The second-order valence-electron chi connectivity index (χ2n) is 6.98. The minimum atomic E-state index is -0.239. The van der Waals surface area contributed by atoms with Gasteiger partial charge in [0.15, 0.2) is 5.84 Å². The van der Waals surface area contributed by atoms with Crippen molar-refractivity contribution in [2.75, 3.05) is 10.0 Å². The Morgan fingerprint density at radius 2 is 1.32 bits per heavy atom. The Labute approximate surface area is 190 Å². The summed E-state index contributed by atoms with van der Waals surface area (Å²) < 4.78 is 6.71. The number of benzene rings is 3. The Hall–Kier alpha value is -2.95. The Bertz CT molecular complexity index is 1060. The van der Waals surface area contributed by atoms with E-state index in [0.29, 0.717) is 10.9 Å². The van der Waals surface area contributed by atoms with Gasteiger partial charge >= 0.3 is 0 Å². The summed E-state index contributed by atoms with van der Waals surface area (Å²) in [6.45, 7) is 0. The Balaban J connectivity index is 1.48. The lowest BCUT2D eigenvalue weighted by Gasteiger charge is -2.40. The van der Waals surface area contributed by atoms with Crippen LogP contribution in [0.5, 0.6) is 0 Å². The predicted molar refractivity (Wildman–Crippen MR) is 131 cm³/mol. The summed E-state index contributed by atoms with van der Waals surface area (Å²) in [5.74, 6) is 0.705. The molecule has 2 atom stereocenters. The number of rotatable bonds is 4. The maximum atomic E-state index is 5.79. The summed E-state index contributed by atoms with van der Waals surface area (Å²) in [5.41, 5.74) is 6.37. The zero-order valence-electron chi connectivity index (χ0n) is 16.5. The molecule has 3 aromatic carbocycles. The highest BCUT2D eigenvalue weighted by atomic mass is 32.2. The van der Waals surface area contributed by atoms with Crippen LogP contribution in [0.25, 0.3) is 0 Å². The molecule has 156 valence electrons. The van der Waals surface area contributed by atoms with Gasteiger partial charge in [-0.3, -0.25) is 10.7 Å². The first-order valence-electron chi connectivity index (χ1n) is 9.87. The second kappa shape index (κ2) is 9.04. The topological polar surface area (TPSA) is 67.0 Å². The van der Waals surface area contributed by atoms with E-state index in [-0.39, 0.29) is 12.3 Å². The van der Waals surface area contributed by atoms with Crippen molar-refractivity contribution >= 4 is 46.7 Å². The van der Waals surface area contributed by atoms with Crippen LogP contribution in [-0.4, -0.2) is 17.1 Å². The van der Waals surface area contributed by atoms with Crippen LogP contribution in [0.3, 0.4) is 0 Å². The van der Waals surface area contributed by atoms with E-state index in [1.807, 2.05) is 83.9 Å². The molecule has 9 heteroatoms. The highest BCUT2D eigenvalue weighted by Gasteiger charge is 2.33. The van der Waals surface area contributed by atoms with Gasteiger partial charge in [-0.2, -0.15) is 0 Å². The number of amidine groups is 1. The maximum absolute atomic E-state index is 5.79. The van der Waals surface area contributed by atoms with Crippen LogP contribution in [0.4, 0.5) is 11.4 Å². The number of para-hydroxylation sites is 2. The fraction of sp³-hybridized carbons (Fsp3) is 0.0909.